The first-order valence-corrected chi connectivity index (χ1v) is 7.21. The van der Waals surface area contributed by atoms with E-state index in [0.717, 1.165) is 11.3 Å². The van der Waals surface area contributed by atoms with Crippen LogP contribution in [0.15, 0.2) is 17.5 Å². The van der Waals surface area contributed by atoms with E-state index in [2.05, 4.69) is 5.32 Å². The fourth-order valence-corrected chi connectivity index (χ4v) is 3.09. The van der Waals surface area contributed by atoms with E-state index in [0.29, 0.717) is 19.4 Å². The molecule has 6 heteroatoms. The van der Waals surface area contributed by atoms with E-state index in [9.17, 15) is 9.59 Å². The first kappa shape index (κ1) is 13.9. The zero-order valence-corrected chi connectivity index (χ0v) is 11.7. The van der Waals surface area contributed by atoms with Crippen molar-refractivity contribution in [2.24, 2.45) is 5.92 Å². The smallest absolute Gasteiger partial charge is 0.317 e. The van der Waals surface area contributed by atoms with Gasteiger partial charge >= 0.3 is 12.0 Å². The second-order valence-electron chi connectivity index (χ2n) is 4.93. The van der Waals surface area contributed by atoms with Crippen molar-refractivity contribution in [2.75, 3.05) is 7.05 Å². The Morgan fingerprint density at radius 1 is 1.53 bits per heavy atom. The molecule has 19 heavy (non-hydrogen) atoms. The lowest BCUT2D eigenvalue weighted by atomic mass is 10.1. The largest absolute Gasteiger partial charge is 0.481 e. The van der Waals surface area contributed by atoms with E-state index in [-0.39, 0.29) is 18.0 Å². The van der Waals surface area contributed by atoms with Gasteiger partial charge in [0.05, 0.1) is 12.5 Å². The Hall–Kier alpha value is -1.56. The molecule has 1 saturated carbocycles. The number of hydrogen-bond donors (Lipinski definition) is 2. The van der Waals surface area contributed by atoms with E-state index in [1.54, 1.807) is 23.3 Å². The van der Waals surface area contributed by atoms with Gasteiger partial charge in [-0.05, 0) is 30.7 Å². The van der Waals surface area contributed by atoms with Crippen LogP contribution in [0.3, 0.4) is 0 Å². The number of carbonyl (C=O) groups is 2. The summed E-state index contributed by atoms with van der Waals surface area (Å²) in [5.74, 6) is -1.07. The average Bonchev–Trinajstić information content (AvgIpc) is 2.99. The van der Waals surface area contributed by atoms with Crippen LogP contribution in [0.4, 0.5) is 4.79 Å². The summed E-state index contributed by atoms with van der Waals surface area (Å²) in [5, 5.41) is 13.8. The number of amides is 2. The topological polar surface area (TPSA) is 69.6 Å². The molecular weight excluding hydrogens is 264 g/mol. The molecule has 0 aromatic carbocycles. The molecule has 2 unspecified atom stereocenters. The highest BCUT2D eigenvalue weighted by atomic mass is 32.1. The molecule has 0 spiro atoms. The van der Waals surface area contributed by atoms with Gasteiger partial charge < -0.3 is 15.3 Å². The van der Waals surface area contributed by atoms with Crippen LogP contribution in [0.2, 0.25) is 0 Å². The highest BCUT2D eigenvalue weighted by molar-refractivity contribution is 7.09. The minimum atomic E-state index is -0.760. The fourth-order valence-electron chi connectivity index (χ4n) is 2.33. The van der Waals surface area contributed by atoms with Crippen molar-refractivity contribution in [1.29, 1.82) is 0 Å². The van der Waals surface area contributed by atoms with Crippen LogP contribution >= 0.6 is 11.3 Å². The molecule has 0 radical (unpaired) electrons. The molecule has 1 aromatic heterocycles. The summed E-state index contributed by atoms with van der Waals surface area (Å²) in [5.41, 5.74) is 0. The molecule has 104 valence electrons. The summed E-state index contributed by atoms with van der Waals surface area (Å²) in [7, 11) is 1.75. The molecule has 2 N–H and O–H groups in total. The minimum Gasteiger partial charge on any atom is -0.481 e. The summed E-state index contributed by atoms with van der Waals surface area (Å²) in [6.07, 6.45) is 1.93. The molecule has 2 rings (SSSR count). The molecule has 1 fully saturated rings. The van der Waals surface area contributed by atoms with Gasteiger partial charge in [0.1, 0.15) is 0 Å². The van der Waals surface area contributed by atoms with Gasteiger partial charge in [0.2, 0.25) is 0 Å². The maximum absolute atomic E-state index is 12.0. The number of hydrogen-bond acceptors (Lipinski definition) is 3. The highest BCUT2D eigenvalue weighted by Gasteiger charge is 2.30. The molecule has 2 amide bonds. The molecule has 1 heterocycles. The standard InChI is InChI=1S/C13H18N2O3S/c1-15(8-11-3-2-6-19-11)13(18)14-10-5-4-9(7-10)12(16)17/h2-3,6,9-10H,4-5,7-8H2,1H3,(H,14,18)(H,16,17). The highest BCUT2D eigenvalue weighted by Crippen LogP contribution is 2.25. The fraction of sp³-hybridized carbons (Fsp3) is 0.538. The van der Waals surface area contributed by atoms with Gasteiger partial charge in [0, 0.05) is 18.0 Å². The Morgan fingerprint density at radius 3 is 2.89 bits per heavy atom. The van der Waals surface area contributed by atoms with Gasteiger partial charge in [-0.15, -0.1) is 11.3 Å². The molecule has 0 saturated heterocycles. The van der Waals surface area contributed by atoms with Crippen LogP contribution in [0.5, 0.6) is 0 Å². The second kappa shape index (κ2) is 6.06. The van der Waals surface area contributed by atoms with Crippen LogP contribution in [0, 0.1) is 5.92 Å². The lowest BCUT2D eigenvalue weighted by Crippen LogP contribution is -2.41. The van der Waals surface area contributed by atoms with E-state index in [4.69, 9.17) is 5.11 Å². The molecular formula is C13H18N2O3S. The maximum Gasteiger partial charge on any atom is 0.317 e. The van der Waals surface area contributed by atoms with Crippen molar-refractivity contribution in [3.8, 4) is 0 Å². The van der Waals surface area contributed by atoms with E-state index < -0.39 is 5.97 Å². The average molecular weight is 282 g/mol. The molecule has 1 aliphatic carbocycles. The number of aliphatic carboxylic acids is 1. The Bertz CT molecular complexity index is 447. The Labute approximate surface area is 116 Å². The van der Waals surface area contributed by atoms with Crippen LogP contribution in [0.1, 0.15) is 24.1 Å². The Balaban J connectivity index is 1.79. The third-order valence-corrected chi connectivity index (χ3v) is 4.29. The van der Waals surface area contributed by atoms with Gasteiger partial charge in [-0.2, -0.15) is 0 Å². The number of rotatable bonds is 4. The van der Waals surface area contributed by atoms with Crippen LogP contribution < -0.4 is 5.32 Å². The van der Waals surface area contributed by atoms with E-state index in [1.165, 1.54) is 0 Å². The molecule has 5 nitrogen and oxygen atoms in total. The first-order chi connectivity index (χ1) is 9.06. The van der Waals surface area contributed by atoms with Crippen molar-refractivity contribution >= 4 is 23.3 Å². The Kier molecular flexibility index (Phi) is 4.42. The van der Waals surface area contributed by atoms with Gasteiger partial charge in [0.15, 0.2) is 0 Å². The number of carbonyl (C=O) groups excluding carboxylic acids is 1. The predicted molar refractivity (Wildman–Crippen MR) is 73.1 cm³/mol. The van der Waals surface area contributed by atoms with Gasteiger partial charge in [-0.1, -0.05) is 6.07 Å². The predicted octanol–water partition coefficient (Wildman–Crippen LogP) is 2.14. The Morgan fingerprint density at radius 2 is 2.32 bits per heavy atom. The number of nitrogens with zero attached hydrogens (tertiary/aromatic N) is 1. The van der Waals surface area contributed by atoms with Gasteiger partial charge in [0.25, 0.3) is 0 Å². The minimum absolute atomic E-state index is 0.0145. The third kappa shape index (κ3) is 3.70. The van der Waals surface area contributed by atoms with Crippen molar-refractivity contribution in [3.63, 3.8) is 0 Å². The molecule has 0 aliphatic heterocycles. The number of nitrogens with one attached hydrogen (secondary N) is 1. The van der Waals surface area contributed by atoms with E-state index >= 15 is 0 Å². The summed E-state index contributed by atoms with van der Waals surface area (Å²) in [4.78, 5) is 25.6. The van der Waals surface area contributed by atoms with Crippen LogP contribution in [-0.4, -0.2) is 35.1 Å². The van der Waals surface area contributed by atoms with Crippen molar-refractivity contribution in [2.45, 2.75) is 31.8 Å². The second-order valence-corrected chi connectivity index (χ2v) is 5.96. The lowest BCUT2D eigenvalue weighted by molar-refractivity contribution is -0.141. The third-order valence-electron chi connectivity index (χ3n) is 3.43. The van der Waals surface area contributed by atoms with Crippen LogP contribution in [-0.2, 0) is 11.3 Å². The zero-order chi connectivity index (χ0) is 13.8. The summed E-state index contributed by atoms with van der Waals surface area (Å²) in [6, 6.07) is 3.80. The quantitative estimate of drug-likeness (QED) is 0.889. The molecule has 0 bridgehead atoms. The van der Waals surface area contributed by atoms with Crippen LogP contribution in [0.25, 0.3) is 0 Å². The maximum atomic E-state index is 12.0. The monoisotopic (exact) mass is 282 g/mol. The van der Waals surface area contributed by atoms with Crippen molar-refractivity contribution in [1.82, 2.24) is 10.2 Å². The van der Waals surface area contributed by atoms with E-state index in [1.807, 2.05) is 17.5 Å². The number of carboxylic acid groups (broad SMARTS) is 1. The van der Waals surface area contributed by atoms with Gasteiger partial charge in [-0.3, -0.25) is 4.79 Å². The van der Waals surface area contributed by atoms with Crippen molar-refractivity contribution in [3.05, 3.63) is 22.4 Å². The summed E-state index contributed by atoms with van der Waals surface area (Å²) >= 11 is 1.62. The van der Waals surface area contributed by atoms with Crippen molar-refractivity contribution < 1.29 is 14.7 Å². The normalized spacial score (nSPS) is 22.2. The number of urea groups is 1. The number of thiophene rings is 1. The molecule has 2 atom stereocenters. The molecule has 1 aliphatic rings. The summed E-state index contributed by atoms with van der Waals surface area (Å²) in [6.45, 7) is 0.582. The summed E-state index contributed by atoms with van der Waals surface area (Å²) < 4.78 is 0. The SMILES string of the molecule is CN(Cc1cccs1)C(=O)NC1CCC(C(=O)O)C1. The van der Waals surface area contributed by atoms with Gasteiger partial charge in [-0.25, -0.2) is 4.79 Å². The number of carboxylic acids is 1. The lowest BCUT2D eigenvalue weighted by Gasteiger charge is -2.20. The first-order valence-electron chi connectivity index (χ1n) is 6.33. The zero-order valence-electron chi connectivity index (χ0n) is 10.8. The molecule has 1 aromatic rings.